The number of nitriles is 1. The van der Waals surface area contributed by atoms with Gasteiger partial charge in [0.25, 0.3) is 0 Å². The molecule has 37 heavy (non-hydrogen) atoms. The molecule has 4 aromatic rings. The Bertz CT molecular complexity index is 1530. The van der Waals surface area contributed by atoms with Gasteiger partial charge in [0.1, 0.15) is 11.2 Å². The summed E-state index contributed by atoms with van der Waals surface area (Å²) in [5, 5.41) is 30.5. The lowest BCUT2D eigenvalue weighted by Gasteiger charge is -2.18. The van der Waals surface area contributed by atoms with E-state index in [0.29, 0.717) is 47.6 Å². The van der Waals surface area contributed by atoms with Crippen molar-refractivity contribution < 1.29 is 9.90 Å². The number of carboxylic acid groups (broad SMARTS) is 1. The van der Waals surface area contributed by atoms with Crippen molar-refractivity contribution in [1.82, 2.24) is 29.9 Å². The normalized spacial score (nSPS) is 14.1. The van der Waals surface area contributed by atoms with Crippen molar-refractivity contribution in [2.24, 2.45) is 0 Å². The molecule has 0 saturated heterocycles. The second kappa shape index (κ2) is 9.09. The second-order valence-electron chi connectivity index (χ2n) is 10.2. The van der Waals surface area contributed by atoms with Gasteiger partial charge in [-0.3, -0.25) is 4.98 Å². The van der Waals surface area contributed by atoms with Crippen LogP contribution in [-0.2, 0) is 16.8 Å². The standard InChI is InChI=1S/C27H26N8O2/c1-26(2,3)23-9-5-8-19(29-23)15-35-16-22(33-34-35)21-13-20(18-7-4-6-17(12-18)14-28)30-25(31-21)32-27(10-11-27)24(36)37/h4-9,12-13,16H,10-11,15H2,1-3H3,(H,36,37)(H,30,31,32). The monoisotopic (exact) mass is 494 g/mol. The molecule has 0 radical (unpaired) electrons. The van der Waals surface area contributed by atoms with Crippen LogP contribution in [0.5, 0.6) is 0 Å². The van der Waals surface area contributed by atoms with Crippen molar-refractivity contribution in [3.05, 3.63) is 71.7 Å². The van der Waals surface area contributed by atoms with E-state index >= 15 is 0 Å². The van der Waals surface area contributed by atoms with Crippen LogP contribution >= 0.6 is 0 Å². The van der Waals surface area contributed by atoms with E-state index < -0.39 is 11.5 Å². The predicted molar refractivity (Wildman–Crippen MR) is 136 cm³/mol. The van der Waals surface area contributed by atoms with Crippen molar-refractivity contribution in [2.75, 3.05) is 5.32 Å². The van der Waals surface area contributed by atoms with Crippen LogP contribution in [0.3, 0.4) is 0 Å². The Labute approximate surface area is 214 Å². The quantitative estimate of drug-likeness (QED) is 0.389. The van der Waals surface area contributed by atoms with E-state index in [1.165, 1.54) is 0 Å². The maximum absolute atomic E-state index is 11.8. The van der Waals surface area contributed by atoms with Crippen molar-refractivity contribution in [3.63, 3.8) is 0 Å². The number of rotatable bonds is 7. The summed E-state index contributed by atoms with van der Waals surface area (Å²) in [4.78, 5) is 25.6. The molecule has 0 atom stereocenters. The summed E-state index contributed by atoms with van der Waals surface area (Å²) >= 11 is 0. The maximum Gasteiger partial charge on any atom is 0.329 e. The SMILES string of the molecule is CC(C)(C)c1cccc(Cn2cc(-c3cc(-c4cccc(C#N)c4)nc(NC4(C(=O)O)CC4)n3)nn2)n1. The maximum atomic E-state index is 11.8. The molecule has 10 nitrogen and oxygen atoms in total. The highest BCUT2D eigenvalue weighted by molar-refractivity contribution is 5.86. The van der Waals surface area contributed by atoms with Gasteiger partial charge >= 0.3 is 5.97 Å². The molecule has 186 valence electrons. The van der Waals surface area contributed by atoms with Crippen LogP contribution in [0, 0.1) is 11.3 Å². The molecule has 1 aliphatic carbocycles. The summed E-state index contributed by atoms with van der Waals surface area (Å²) in [6.45, 7) is 6.79. The molecule has 1 saturated carbocycles. The third kappa shape index (κ3) is 5.16. The Morgan fingerprint density at radius 2 is 1.84 bits per heavy atom. The van der Waals surface area contributed by atoms with Gasteiger partial charge in [-0.25, -0.2) is 19.4 Å². The van der Waals surface area contributed by atoms with E-state index in [0.717, 1.165) is 11.4 Å². The number of hydrogen-bond acceptors (Lipinski definition) is 8. The number of carboxylic acids is 1. The Morgan fingerprint density at radius 3 is 2.54 bits per heavy atom. The molecule has 10 heteroatoms. The first kappa shape index (κ1) is 24.1. The van der Waals surface area contributed by atoms with Crippen molar-refractivity contribution in [1.29, 1.82) is 5.26 Å². The van der Waals surface area contributed by atoms with Gasteiger partial charge in [-0.15, -0.1) is 5.10 Å². The first-order chi connectivity index (χ1) is 17.6. The fourth-order valence-electron chi connectivity index (χ4n) is 3.91. The third-order valence-corrected chi connectivity index (χ3v) is 6.22. The smallest absolute Gasteiger partial charge is 0.329 e. The molecule has 1 aliphatic rings. The highest BCUT2D eigenvalue weighted by Gasteiger charge is 2.51. The Hall–Kier alpha value is -4.65. The lowest BCUT2D eigenvalue weighted by molar-refractivity contribution is -0.138. The van der Waals surface area contributed by atoms with Gasteiger partial charge in [0.05, 0.1) is 41.5 Å². The molecule has 0 spiro atoms. The molecule has 3 aromatic heterocycles. The van der Waals surface area contributed by atoms with Crippen LogP contribution < -0.4 is 5.32 Å². The molecule has 0 amide bonds. The molecule has 1 fully saturated rings. The molecule has 1 aromatic carbocycles. The van der Waals surface area contributed by atoms with Crippen LogP contribution in [-0.4, -0.2) is 46.6 Å². The van der Waals surface area contributed by atoms with Gasteiger partial charge in [-0.2, -0.15) is 5.26 Å². The summed E-state index contributed by atoms with van der Waals surface area (Å²) in [7, 11) is 0. The molecule has 2 N–H and O–H groups in total. The zero-order valence-corrected chi connectivity index (χ0v) is 20.8. The Balaban J connectivity index is 1.49. The van der Waals surface area contributed by atoms with Crippen LogP contribution in [0.2, 0.25) is 0 Å². The molecular weight excluding hydrogens is 468 g/mol. The second-order valence-corrected chi connectivity index (χ2v) is 10.2. The minimum absolute atomic E-state index is 0.0674. The lowest BCUT2D eigenvalue weighted by Crippen LogP contribution is -2.32. The summed E-state index contributed by atoms with van der Waals surface area (Å²) in [5.74, 6) is -0.755. The third-order valence-electron chi connectivity index (χ3n) is 6.22. The Kier molecular flexibility index (Phi) is 5.91. The topological polar surface area (TPSA) is 142 Å². The molecule has 0 aliphatic heterocycles. The van der Waals surface area contributed by atoms with E-state index in [9.17, 15) is 15.2 Å². The first-order valence-electron chi connectivity index (χ1n) is 11.9. The minimum atomic E-state index is -1.06. The van der Waals surface area contributed by atoms with Crippen LogP contribution in [0.1, 0.15) is 50.6 Å². The molecule has 3 heterocycles. The van der Waals surface area contributed by atoms with Crippen LogP contribution in [0.25, 0.3) is 22.6 Å². The summed E-state index contributed by atoms with van der Waals surface area (Å²) in [5.41, 5.74) is 3.46. The number of aromatic nitrogens is 6. The van der Waals surface area contributed by atoms with E-state index in [1.54, 1.807) is 35.1 Å². The highest BCUT2D eigenvalue weighted by atomic mass is 16.4. The number of anilines is 1. The summed E-state index contributed by atoms with van der Waals surface area (Å²) < 4.78 is 1.69. The molecule has 0 unspecified atom stereocenters. The van der Waals surface area contributed by atoms with E-state index in [-0.39, 0.29) is 11.4 Å². The number of carbonyl (C=O) groups is 1. The number of aliphatic carboxylic acids is 1. The lowest BCUT2D eigenvalue weighted by atomic mass is 9.91. The Morgan fingerprint density at radius 1 is 1.08 bits per heavy atom. The predicted octanol–water partition coefficient (Wildman–Crippen LogP) is 4.04. The van der Waals surface area contributed by atoms with E-state index in [4.69, 9.17) is 4.98 Å². The van der Waals surface area contributed by atoms with Gasteiger partial charge in [-0.1, -0.05) is 44.2 Å². The van der Waals surface area contributed by atoms with Crippen molar-refractivity contribution >= 4 is 11.9 Å². The number of benzene rings is 1. The van der Waals surface area contributed by atoms with E-state index in [1.807, 2.05) is 24.3 Å². The number of nitrogens with one attached hydrogen (secondary N) is 1. The fourth-order valence-corrected chi connectivity index (χ4v) is 3.91. The molecule has 0 bridgehead atoms. The van der Waals surface area contributed by atoms with Gasteiger partial charge in [0.15, 0.2) is 0 Å². The van der Waals surface area contributed by atoms with Gasteiger partial charge in [0, 0.05) is 16.7 Å². The fraction of sp³-hybridized carbons (Fsp3) is 0.296. The van der Waals surface area contributed by atoms with Crippen molar-refractivity contribution in [2.45, 2.75) is 51.1 Å². The van der Waals surface area contributed by atoms with Gasteiger partial charge in [-0.05, 0) is 43.2 Å². The first-order valence-corrected chi connectivity index (χ1v) is 11.9. The number of pyridine rings is 1. The summed E-state index contributed by atoms with van der Waals surface area (Å²) in [6, 6.07) is 16.9. The average Bonchev–Trinajstić information content (AvgIpc) is 3.52. The molecule has 5 rings (SSSR count). The van der Waals surface area contributed by atoms with E-state index in [2.05, 4.69) is 52.4 Å². The van der Waals surface area contributed by atoms with Crippen LogP contribution in [0.15, 0.2) is 54.7 Å². The average molecular weight is 495 g/mol. The minimum Gasteiger partial charge on any atom is -0.480 e. The van der Waals surface area contributed by atoms with Gasteiger partial charge < -0.3 is 10.4 Å². The largest absolute Gasteiger partial charge is 0.480 e. The summed E-state index contributed by atoms with van der Waals surface area (Å²) in [6.07, 6.45) is 2.76. The van der Waals surface area contributed by atoms with Gasteiger partial charge in [0.2, 0.25) is 5.95 Å². The van der Waals surface area contributed by atoms with Crippen LogP contribution in [0.4, 0.5) is 5.95 Å². The zero-order valence-electron chi connectivity index (χ0n) is 20.8. The zero-order chi connectivity index (χ0) is 26.2. The van der Waals surface area contributed by atoms with Crippen molar-refractivity contribution in [3.8, 4) is 28.7 Å². The number of nitrogens with zero attached hydrogens (tertiary/aromatic N) is 7. The highest BCUT2D eigenvalue weighted by Crippen LogP contribution is 2.39. The molecular formula is C27H26N8O2. The number of hydrogen-bond donors (Lipinski definition) is 2.